The second-order valence-electron chi connectivity index (χ2n) is 4.96. The highest BCUT2D eigenvalue weighted by molar-refractivity contribution is 5.83. The standard InChI is InChI=1S/C14H26N2O3/c1-5-15(6-2)13(17)11(3)16-10-8-7-9-12(16)14(18)19-4/h11-12H,5-10H2,1-4H3. The van der Waals surface area contributed by atoms with Crippen LogP contribution < -0.4 is 0 Å². The van der Waals surface area contributed by atoms with Crippen LogP contribution >= 0.6 is 0 Å². The van der Waals surface area contributed by atoms with Crippen molar-refractivity contribution in [2.75, 3.05) is 26.7 Å². The molecule has 0 aliphatic carbocycles. The molecule has 1 amide bonds. The van der Waals surface area contributed by atoms with E-state index in [0.29, 0.717) is 13.1 Å². The number of nitrogens with zero attached hydrogens (tertiary/aromatic N) is 2. The lowest BCUT2D eigenvalue weighted by Gasteiger charge is -2.38. The fraction of sp³-hybridized carbons (Fsp3) is 0.857. The van der Waals surface area contributed by atoms with Crippen molar-refractivity contribution in [3.05, 3.63) is 0 Å². The van der Waals surface area contributed by atoms with Crippen molar-refractivity contribution >= 4 is 11.9 Å². The molecular formula is C14H26N2O3. The van der Waals surface area contributed by atoms with Crippen LogP contribution in [0.5, 0.6) is 0 Å². The Bertz CT molecular complexity index is 316. The first-order valence-electron chi connectivity index (χ1n) is 7.19. The number of esters is 1. The van der Waals surface area contributed by atoms with Gasteiger partial charge in [-0.15, -0.1) is 0 Å². The summed E-state index contributed by atoms with van der Waals surface area (Å²) in [6, 6.07) is -0.530. The number of likely N-dealkylation sites (N-methyl/N-ethyl adjacent to an activating group) is 1. The van der Waals surface area contributed by atoms with E-state index in [2.05, 4.69) is 0 Å². The SMILES string of the molecule is CCN(CC)C(=O)C(C)N1CCCCC1C(=O)OC. The van der Waals surface area contributed by atoms with Gasteiger partial charge in [0, 0.05) is 13.1 Å². The van der Waals surface area contributed by atoms with Crippen LogP contribution in [0.25, 0.3) is 0 Å². The minimum Gasteiger partial charge on any atom is -0.468 e. The lowest BCUT2D eigenvalue weighted by molar-refractivity contribution is -0.152. The normalized spacial score (nSPS) is 21.8. The highest BCUT2D eigenvalue weighted by Gasteiger charge is 2.36. The highest BCUT2D eigenvalue weighted by Crippen LogP contribution is 2.21. The van der Waals surface area contributed by atoms with E-state index in [1.165, 1.54) is 7.11 Å². The Kier molecular flexibility index (Phi) is 6.28. The predicted molar refractivity (Wildman–Crippen MR) is 73.8 cm³/mol. The molecule has 0 aromatic heterocycles. The lowest BCUT2D eigenvalue weighted by atomic mass is 9.99. The minimum atomic E-state index is -0.270. The Morgan fingerprint density at radius 1 is 1.32 bits per heavy atom. The molecule has 0 radical (unpaired) electrons. The van der Waals surface area contributed by atoms with E-state index in [4.69, 9.17) is 4.74 Å². The van der Waals surface area contributed by atoms with Crippen LogP contribution in [-0.4, -0.2) is 60.5 Å². The van der Waals surface area contributed by atoms with Crippen molar-refractivity contribution in [1.29, 1.82) is 0 Å². The second-order valence-corrected chi connectivity index (χ2v) is 4.96. The molecule has 0 N–H and O–H groups in total. The molecule has 1 aliphatic rings. The zero-order chi connectivity index (χ0) is 14.4. The molecule has 5 nitrogen and oxygen atoms in total. The van der Waals surface area contributed by atoms with E-state index in [-0.39, 0.29) is 24.0 Å². The fourth-order valence-corrected chi connectivity index (χ4v) is 2.75. The molecule has 0 aromatic carbocycles. The Morgan fingerprint density at radius 2 is 1.95 bits per heavy atom. The molecule has 110 valence electrons. The Hall–Kier alpha value is -1.10. The van der Waals surface area contributed by atoms with Crippen LogP contribution in [-0.2, 0) is 14.3 Å². The minimum absolute atomic E-state index is 0.0980. The van der Waals surface area contributed by atoms with Crippen molar-refractivity contribution in [3.8, 4) is 0 Å². The summed E-state index contributed by atoms with van der Waals surface area (Å²) in [6.45, 7) is 8.03. The average Bonchev–Trinajstić information content (AvgIpc) is 2.46. The summed E-state index contributed by atoms with van der Waals surface area (Å²) in [7, 11) is 1.41. The van der Waals surface area contributed by atoms with Crippen LogP contribution in [0.1, 0.15) is 40.0 Å². The Morgan fingerprint density at radius 3 is 2.47 bits per heavy atom. The van der Waals surface area contributed by atoms with Gasteiger partial charge < -0.3 is 9.64 Å². The zero-order valence-corrected chi connectivity index (χ0v) is 12.5. The summed E-state index contributed by atoms with van der Waals surface area (Å²) in [5.74, 6) is -0.125. The summed E-state index contributed by atoms with van der Waals surface area (Å²) in [5, 5.41) is 0. The van der Waals surface area contributed by atoms with Gasteiger partial charge in [-0.25, -0.2) is 0 Å². The monoisotopic (exact) mass is 270 g/mol. The molecule has 1 fully saturated rings. The number of rotatable bonds is 5. The number of hydrogen-bond donors (Lipinski definition) is 0. The van der Waals surface area contributed by atoms with Crippen LogP contribution in [0.2, 0.25) is 0 Å². The molecule has 5 heteroatoms. The maximum absolute atomic E-state index is 12.4. The molecule has 1 saturated heterocycles. The van der Waals surface area contributed by atoms with E-state index >= 15 is 0 Å². The molecule has 0 saturated carbocycles. The molecule has 19 heavy (non-hydrogen) atoms. The van der Waals surface area contributed by atoms with Crippen LogP contribution in [0.3, 0.4) is 0 Å². The first-order valence-corrected chi connectivity index (χ1v) is 7.19. The topological polar surface area (TPSA) is 49.9 Å². The van der Waals surface area contributed by atoms with Crippen molar-refractivity contribution in [1.82, 2.24) is 9.80 Å². The smallest absolute Gasteiger partial charge is 0.323 e. The number of ether oxygens (including phenoxy) is 1. The maximum Gasteiger partial charge on any atom is 0.323 e. The van der Waals surface area contributed by atoms with Crippen molar-refractivity contribution in [2.24, 2.45) is 0 Å². The van der Waals surface area contributed by atoms with Gasteiger partial charge in [0.2, 0.25) is 5.91 Å². The summed E-state index contributed by atoms with van der Waals surface area (Å²) in [4.78, 5) is 28.0. The molecule has 1 aliphatic heterocycles. The Labute approximate surface area is 115 Å². The third-order valence-corrected chi connectivity index (χ3v) is 3.95. The number of likely N-dealkylation sites (tertiary alicyclic amines) is 1. The van der Waals surface area contributed by atoms with E-state index in [9.17, 15) is 9.59 Å². The van der Waals surface area contributed by atoms with Crippen LogP contribution in [0.4, 0.5) is 0 Å². The number of amides is 1. The van der Waals surface area contributed by atoms with Crippen molar-refractivity contribution in [2.45, 2.75) is 52.1 Å². The maximum atomic E-state index is 12.4. The molecule has 2 unspecified atom stereocenters. The van der Waals surface area contributed by atoms with Gasteiger partial charge in [-0.3, -0.25) is 14.5 Å². The molecule has 1 heterocycles. The number of hydrogen-bond acceptors (Lipinski definition) is 4. The van der Waals surface area contributed by atoms with E-state index in [1.807, 2.05) is 30.6 Å². The first-order chi connectivity index (χ1) is 9.06. The third-order valence-electron chi connectivity index (χ3n) is 3.95. The number of methoxy groups -OCH3 is 1. The quantitative estimate of drug-likeness (QED) is 0.706. The predicted octanol–water partition coefficient (Wildman–Crippen LogP) is 1.27. The van der Waals surface area contributed by atoms with Gasteiger partial charge >= 0.3 is 5.97 Å². The van der Waals surface area contributed by atoms with Gasteiger partial charge in [-0.2, -0.15) is 0 Å². The first kappa shape index (κ1) is 16.0. The zero-order valence-electron chi connectivity index (χ0n) is 12.5. The van der Waals surface area contributed by atoms with E-state index < -0.39 is 0 Å². The summed E-state index contributed by atoms with van der Waals surface area (Å²) < 4.78 is 4.86. The number of carbonyl (C=O) groups excluding carboxylic acids is 2. The lowest BCUT2D eigenvalue weighted by Crippen LogP contribution is -2.55. The molecule has 1 rings (SSSR count). The summed E-state index contributed by atoms with van der Waals surface area (Å²) in [6.07, 6.45) is 2.83. The fourth-order valence-electron chi connectivity index (χ4n) is 2.75. The second kappa shape index (κ2) is 7.48. The summed E-state index contributed by atoms with van der Waals surface area (Å²) >= 11 is 0. The van der Waals surface area contributed by atoms with Crippen molar-refractivity contribution in [3.63, 3.8) is 0 Å². The molecule has 0 bridgehead atoms. The largest absolute Gasteiger partial charge is 0.468 e. The van der Waals surface area contributed by atoms with Crippen LogP contribution in [0.15, 0.2) is 0 Å². The van der Waals surface area contributed by atoms with E-state index in [0.717, 1.165) is 25.8 Å². The van der Waals surface area contributed by atoms with Gasteiger partial charge in [0.05, 0.1) is 13.2 Å². The van der Waals surface area contributed by atoms with Crippen molar-refractivity contribution < 1.29 is 14.3 Å². The molecule has 2 atom stereocenters. The molecule has 0 aromatic rings. The summed E-state index contributed by atoms with van der Waals surface area (Å²) in [5.41, 5.74) is 0. The van der Waals surface area contributed by atoms with Gasteiger partial charge in [0.15, 0.2) is 0 Å². The molecule has 0 spiro atoms. The highest BCUT2D eigenvalue weighted by atomic mass is 16.5. The Balaban J connectivity index is 2.79. The van der Waals surface area contributed by atoms with Gasteiger partial charge in [-0.1, -0.05) is 6.42 Å². The third kappa shape index (κ3) is 3.69. The average molecular weight is 270 g/mol. The van der Waals surface area contributed by atoms with Crippen LogP contribution in [0, 0.1) is 0 Å². The van der Waals surface area contributed by atoms with E-state index in [1.54, 1.807) is 0 Å². The van der Waals surface area contributed by atoms with Gasteiger partial charge in [0.25, 0.3) is 0 Å². The van der Waals surface area contributed by atoms with Gasteiger partial charge in [-0.05, 0) is 40.2 Å². The number of carbonyl (C=O) groups is 2. The molecular weight excluding hydrogens is 244 g/mol. The number of piperidine rings is 1. The van der Waals surface area contributed by atoms with Gasteiger partial charge in [0.1, 0.15) is 6.04 Å².